The third kappa shape index (κ3) is 1.75. The molecule has 0 radical (unpaired) electrons. The molecular formula is C12H16N4O. The summed E-state index contributed by atoms with van der Waals surface area (Å²) in [6.45, 7) is 1.93. The van der Waals surface area contributed by atoms with Gasteiger partial charge in [-0.15, -0.1) is 5.10 Å². The lowest BCUT2D eigenvalue weighted by Gasteiger charge is -2.28. The Kier molecular flexibility index (Phi) is 2.46. The van der Waals surface area contributed by atoms with Crippen LogP contribution in [0.25, 0.3) is 0 Å². The first-order chi connectivity index (χ1) is 8.25. The fourth-order valence-electron chi connectivity index (χ4n) is 2.74. The molecule has 2 N–H and O–H groups in total. The first-order valence-corrected chi connectivity index (χ1v) is 6.15. The van der Waals surface area contributed by atoms with E-state index in [4.69, 9.17) is 0 Å². The topological polar surface area (TPSA) is 66.9 Å². The van der Waals surface area contributed by atoms with Crippen LogP contribution in [0.1, 0.15) is 31.2 Å². The van der Waals surface area contributed by atoms with Crippen molar-refractivity contribution in [2.75, 3.05) is 10.6 Å². The number of hydrogen-bond acceptors (Lipinski definition) is 4. The lowest BCUT2D eigenvalue weighted by atomic mass is 9.84. The molecule has 0 spiro atoms. The van der Waals surface area contributed by atoms with Gasteiger partial charge in [0.2, 0.25) is 5.91 Å². The van der Waals surface area contributed by atoms with E-state index in [-0.39, 0.29) is 17.9 Å². The van der Waals surface area contributed by atoms with E-state index in [2.05, 4.69) is 20.8 Å². The second-order valence-electron chi connectivity index (χ2n) is 4.88. The molecule has 1 aromatic heterocycles. The van der Waals surface area contributed by atoms with Gasteiger partial charge in [0.25, 0.3) is 0 Å². The van der Waals surface area contributed by atoms with Gasteiger partial charge in [-0.3, -0.25) is 4.79 Å². The third-order valence-electron chi connectivity index (χ3n) is 3.71. The van der Waals surface area contributed by atoms with Crippen molar-refractivity contribution in [1.82, 2.24) is 10.2 Å². The predicted octanol–water partition coefficient (Wildman–Crippen LogP) is 1.71. The molecule has 1 aliphatic carbocycles. The Morgan fingerprint density at radius 1 is 1.35 bits per heavy atom. The van der Waals surface area contributed by atoms with Gasteiger partial charge >= 0.3 is 0 Å². The lowest BCUT2D eigenvalue weighted by molar-refractivity contribution is -0.120. The lowest BCUT2D eigenvalue weighted by Crippen LogP contribution is -2.37. The maximum atomic E-state index is 12.2. The van der Waals surface area contributed by atoms with Gasteiger partial charge in [-0.25, -0.2) is 0 Å². The highest BCUT2D eigenvalue weighted by atomic mass is 16.2. The second kappa shape index (κ2) is 3.98. The maximum Gasteiger partial charge on any atom is 0.229 e. The van der Waals surface area contributed by atoms with E-state index in [9.17, 15) is 4.79 Å². The zero-order valence-corrected chi connectivity index (χ0v) is 9.86. The monoisotopic (exact) mass is 232 g/mol. The van der Waals surface area contributed by atoms with Gasteiger partial charge in [0.15, 0.2) is 5.82 Å². The van der Waals surface area contributed by atoms with Crippen LogP contribution < -0.4 is 10.6 Å². The van der Waals surface area contributed by atoms with Crippen molar-refractivity contribution in [2.24, 2.45) is 5.92 Å². The molecule has 1 aliphatic heterocycles. The Morgan fingerprint density at radius 2 is 2.18 bits per heavy atom. The molecule has 1 saturated carbocycles. The van der Waals surface area contributed by atoms with Crippen LogP contribution in [0.15, 0.2) is 6.20 Å². The Morgan fingerprint density at radius 3 is 3.06 bits per heavy atom. The Labute approximate surface area is 100 Å². The number of aryl methyl sites for hydroxylation is 1. The van der Waals surface area contributed by atoms with Crippen molar-refractivity contribution >= 4 is 17.4 Å². The van der Waals surface area contributed by atoms with Gasteiger partial charge in [-0.2, -0.15) is 5.10 Å². The molecule has 0 aromatic carbocycles. The molecule has 17 heavy (non-hydrogen) atoms. The van der Waals surface area contributed by atoms with Crippen molar-refractivity contribution < 1.29 is 4.79 Å². The number of aromatic nitrogens is 2. The van der Waals surface area contributed by atoms with Gasteiger partial charge in [0.1, 0.15) is 0 Å². The largest absolute Gasteiger partial charge is 0.363 e. The fraction of sp³-hybridized carbons (Fsp3) is 0.583. The minimum Gasteiger partial charge on any atom is -0.363 e. The number of nitrogens with one attached hydrogen (secondary N) is 2. The molecule has 2 aliphatic rings. The van der Waals surface area contributed by atoms with Crippen LogP contribution in [0.5, 0.6) is 0 Å². The van der Waals surface area contributed by atoms with Crippen LogP contribution in [0.3, 0.4) is 0 Å². The normalized spacial score (nSPS) is 27.2. The highest BCUT2D eigenvalue weighted by molar-refractivity contribution is 5.98. The second-order valence-corrected chi connectivity index (χ2v) is 4.88. The van der Waals surface area contributed by atoms with E-state index in [1.54, 1.807) is 6.20 Å². The van der Waals surface area contributed by atoms with Crippen molar-refractivity contribution in [2.45, 2.75) is 38.6 Å². The number of carbonyl (C=O) groups excluding carboxylic acids is 1. The number of nitrogens with zero attached hydrogens (tertiary/aromatic N) is 2. The summed E-state index contributed by atoms with van der Waals surface area (Å²) in [5.74, 6) is 0.905. The van der Waals surface area contributed by atoms with Crippen LogP contribution in [0, 0.1) is 12.8 Å². The quantitative estimate of drug-likeness (QED) is 0.714. The summed E-state index contributed by atoms with van der Waals surface area (Å²) in [4.78, 5) is 12.2. The van der Waals surface area contributed by atoms with Gasteiger partial charge in [-0.05, 0) is 25.3 Å². The smallest absolute Gasteiger partial charge is 0.229 e. The molecule has 2 unspecified atom stereocenters. The number of fused-ring (bicyclic) bond motifs is 2. The molecule has 1 aromatic rings. The van der Waals surface area contributed by atoms with E-state index in [1.807, 2.05) is 6.92 Å². The molecule has 1 amide bonds. The van der Waals surface area contributed by atoms with Gasteiger partial charge in [0, 0.05) is 6.04 Å². The van der Waals surface area contributed by atoms with Crippen molar-refractivity contribution in [1.29, 1.82) is 0 Å². The average Bonchev–Trinajstić information content (AvgIpc) is 2.47. The SMILES string of the molecule is Cc1cnnc2c1NC(=O)C1CCCCC1N2. The summed E-state index contributed by atoms with van der Waals surface area (Å²) in [6.07, 6.45) is 5.99. The molecule has 3 rings (SSSR count). The summed E-state index contributed by atoms with van der Waals surface area (Å²) >= 11 is 0. The molecule has 2 atom stereocenters. The van der Waals surface area contributed by atoms with Gasteiger partial charge < -0.3 is 10.6 Å². The van der Waals surface area contributed by atoms with Crippen molar-refractivity contribution in [3.8, 4) is 0 Å². The highest BCUT2D eigenvalue weighted by Crippen LogP contribution is 2.34. The van der Waals surface area contributed by atoms with E-state index < -0.39 is 0 Å². The van der Waals surface area contributed by atoms with Crippen LogP contribution in [-0.4, -0.2) is 22.1 Å². The van der Waals surface area contributed by atoms with Gasteiger partial charge in [-0.1, -0.05) is 12.8 Å². The molecular weight excluding hydrogens is 216 g/mol. The van der Waals surface area contributed by atoms with Crippen molar-refractivity contribution in [3.63, 3.8) is 0 Å². The third-order valence-corrected chi connectivity index (χ3v) is 3.71. The zero-order valence-electron chi connectivity index (χ0n) is 9.86. The molecule has 90 valence electrons. The van der Waals surface area contributed by atoms with Crippen LogP contribution in [-0.2, 0) is 4.79 Å². The predicted molar refractivity (Wildman–Crippen MR) is 64.8 cm³/mol. The van der Waals surface area contributed by atoms with Crippen LogP contribution >= 0.6 is 0 Å². The molecule has 5 nitrogen and oxygen atoms in total. The standard InChI is InChI=1S/C12H16N4O/c1-7-6-13-16-11-10(7)15-12(17)8-4-2-3-5-9(8)14-11/h6,8-9H,2-5H2,1H3,(H,14,16)(H,15,17). The molecule has 5 heteroatoms. The van der Waals surface area contributed by atoms with Crippen molar-refractivity contribution in [3.05, 3.63) is 11.8 Å². The fourth-order valence-corrected chi connectivity index (χ4v) is 2.74. The summed E-state index contributed by atoms with van der Waals surface area (Å²) in [5.41, 5.74) is 1.74. The van der Waals surface area contributed by atoms with E-state index in [0.29, 0.717) is 5.82 Å². The molecule has 0 saturated heterocycles. The number of carbonyl (C=O) groups is 1. The first-order valence-electron chi connectivity index (χ1n) is 6.15. The number of hydrogen-bond donors (Lipinski definition) is 2. The summed E-state index contributed by atoms with van der Waals surface area (Å²) in [6, 6.07) is 0.209. The van der Waals surface area contributed by atoms with E-state index in [0.717, 1.165) is 30.5 Å². The maximum absolute atomic E-state index is 12.2. The Bertz CT molecular complexity index is 460. The van der Waals surface area contributed by atoms with Crippen LogP contribution in [0.4, 0.5) is 11.5 Å². The van der Waals surface area contributed by atoms with Gasteiger partial charge in [0.05, 0.1) is 17.8 Å². The molecule has 2 heterocycles. The average molecular weight is 232 g/mol. The summed E-state index contributed by atoms with van der Waals surface area (Å²) < 4.78 is 0. The van der Waals surface area contributed by atoms with Crippen LogP contribution in [0.2, 0.25) is 0 Å². The highest BCUT2D eigenvalue weighted by Gasteiger charge is 2.34. The summed E-state index contributed by atoms with van der Waals surface area (Å²) in [5, 5.41) is 14.4. The van der Waals surface area contributed by atoms with E-state index >= 15 is 0 Å². The number of rotatable bonds is 0. The molecule has 1 fully saturated rings. The van der Waals surface area contributed by atoms with E-state index in [1.165, 1.54) is 6.42 Å². The number of anilines is 2. The Balaban J connectivity index is 2.01. The number of amides is 1. The first kappa shape index (κ1) is 10.5. The minimum absolute atomic E-state index is 0.0670. The molecule has 0 bridgehead atoms. The minimum atomic E-state index is 0.0670. The summed E-state index contributed by atoms with van der Waals surface area (Å²) in [7, 11) is 0. The Hall–Kier alpha value is -1.65. The zero-order chi connectivity index (χ0) is 11.8.